The lowest BCUT2D eigenvalue weighted by Gasteiger charge is -2.28. The smallest absolute Gasteiger partial charge is 0.240 e. The summed E-state index contributed by atoms with van der Waals surface area (Å²) in [6.07, 6.45) is 0.467. The summed E-state index contributed by atoms with van der Waals surface area (Å²) in [6.45, 7) is 1.05. The summed E-state index contributed by atoms with van der Waals surface area (Å²) in [7, 11) is 1.40. The highest BCUT2D eigenvalue weighted by atomic mass is 35.5. The van der Waals surface area contributed by atoms with E-state index in [0.29, 0.717) is 23.7 Å². The number of nitrogens with zero attached hydrogens (tertiary/aromatic N) is 2. The molecule has 0 spiro atoms. The number of halogens is 2. The fraction of sp³-hybridized carbons (Fsp3) is 0.348. The molecule has 2 unspecified atom stereocenters. The molecule has 0 bridgehead atoms. The number of carbonyl (C=O) groups excluding carboxylic acids is 3. The van der Waals surface area contributed by atoms with E-state index in [1.165, 1.54) is 25.2 Å². The van der Waals surface area contributed by atoms with Gasteiger partial charge in [-0.25, -0.2) is 4.39 Å². The molecule has 3 amide bonds. The molecule has 2 aliphatic rings. The zero-order valence-electron chi connectivity index (χ0n) is 16.6. The maximum absolute atomic E-state index is 13.9. The van der Waals surface area contributed by atoms with E-state index in [4.69, 9.17) is 11.6 Å². The van der Waals surface area contributed by atoms with Crippen LogP contribution in [0.5, 0.6) is 0 Å². The number of amides is 3. The SMILES string of the molecule is CN1C(=O)CC(CC(=O)N2CCC(c3ccccc3Cl)C2)(c2cccc(F)c2)C1=O. The fourth-order valence-corrected chi connectivity index (χ4v) is 4.85. The molecular formula is C23H22ClFN2O3. The van der Waals surface area contributed by atoms with Crippen LogP contribution in [-0.4, -0.2) is 47.7 Å². The molecule has 0 radical (unpaired) electrons. The van der Waals surface area contributed by atoms with Crippen LogP contribution < -0.4 is 0 Å². The van der Waals surface area contributed by atoms with Crippen molar-refractivity contribution in [2.45, 2.75) is 30.6 Å². The number of hydrogen-bond acceptors (Lipinski definition) is 3. The highest BCUT2D eigenvalue weighted by Gasteiger charge is 2.53. The van der Waals surface area contributed by atoms with Crippen LogP contribution in [0.2, 0.25) is 5.02 Å². The van der Waals surface area contributed by atoms with Gasteiger partial charge in [-0.1, -0.05) is 41.9 Å². The quantitative estimate of drug-likeness (QED) is 0.700. The largest absolute Gasteiger partial charge is 0.342 e. The van der Waals surface area contributed by atoms with Gasteiger partial charge < -0.3 is 4.90 Å². The third-order valence-corrected chi connectivity index (χ3v) is 6.60. The number of carbonyl (C=O) groups is 3. The number of benzene rings is 2. The summed E-state index contributed by atoms with van der Waals surface area (Å²) < 4.78 is 13.9. The average Bonchev–Trinajstić information content (AvgIpc) is 3.29. The Morgan fingerprint density at radius 2 is 1.97 bits per heavy atom. The van der Waals surface area contributed by atoms with Crippen LogP contribution in [0.4, 0.5) is 4.39 Å². The normalized spacial score (nSPS) is 24.0. The van der Waals surface area contributed by atoms with Crippen molar-refractivity contribution in [3.05, 3.63) is 70.5 Å². The van der Waals surface area contributed by atoms with E-state index in [1.54, 1.807) is 11.0 Å². The molecule has 156 valence electrons. The third-order valence-electron chi connectivity index (χ3n) is 6.26. The van der Waals surface area contributed by atoms with E-state index < -0.39 is 17.1 Å². The van der Waals surface area contributed by atoms with E-state index in [-0.39, 0.29) is 30.6 Å². The standard InChI is InChI=1S/C23H22ClFN2O3/c1-26-20(28)12-23(22(26)30,16-5-4-6-17(25)11-16)13-21(29)27-10-9-15(14-27)18-7-2-3-8-19(18)24/h2-8,11,15H,9-10,12-14H2,1H3. The first-order valence-corrected chi connectivity index (χ1v) is 10.3. The zero-order chi connectivity index (χ0) is 21.5. The molecule has 30 heavy (non-hydrogen) atoms. The summed E-state index contributed by atoms with van der Waals surface area (Å²) in [5, 5.41) is 0.672. The van der Waals surface area contributed by atoms with Crippen LogP contribution in [0.15, 0.2) is 48.5 Å². The molecule has 7 heteroatoms. The summed E-state index contributed by atoms with van der Waals surface area (Å²) in [5.74, 6) is -1.43. The lowest BCUT2D eigenvalue weighted by Crippen LogP contribution is -2.42. The Bertz CT molecular complexity index is 1030. The topological polar surface area (TPSA) is 57.7 Å². The maximum atomic E-state index is 13.9. The predicted octanol–water partition coefficient (Wildman–Crippen LogP) is 3.51. The molecule has 2 aromatic rings. The molecule has 0 aliphatic carbocycles. The van der Waals surface area contributed by atoms with Crippen molar-refractivity contribution < 1.29 is 18.8 Å². The highest BCUT2D eigenvalue weighted by Crippen LogP contribution is 2.41. The second kappa shape index (κ2) is 7.84. The Hall–Kier alpha value is -2.73. The molecule has 0 saturated carbocycles. The summed E-state index contributed by atoms with van der Waals surface area (Å²) in [5.41, 5.74) is -0.00500. The average molecular weight is 429 g/mol. The molecule has 0 aromatic heterocycles. The Balaban J connectivity index is 1.59. The van der Waals surface area contributed by atoms with Gasteiger partial charge in [-0.3, -0.25) is 19.3 Å². The summed E-state index contributed by atoms with van der Waals surface area (Å²) in [4.78, 5) is 41.3. The van der Waals surface area contributed by atoms with E-state index in [1.807, 2.05) is 24.3 Å². The Morgan fingerprint density at radius 1 is 1.20 bits per heavy atom. The van der Waals surface area contributed by atoms with Crippen LogP contribution in [0.3, 0.4) is 0 Å². The van der Waals surface area contributed by atoms with E-state index in [0.717, 1.165) is 16.9 Å². The van der Waals surface area contributed by atoms with E-state index in [9.17, 15) is 18.8 Å². The predicted molar refractivity (Wildman–Crippen MR) is 110 cm³/mol. The first kappa shape index (κ1) is 20.5. The van der Waals surface area contributed by atoms with Gasteiger partial charge in [0.25, 0.3) is 0 Å². The lowest BCUT2D eigenvalue weighted by molar-refractivity contribution is -0.141. The summed E-state index contributed by atoms with van der Waals surface area (Å²) in [6, 6.07) is 13.2. The van der Waals surface area contributed by atoms with Crippen LogP contribution in [0.25, 0.3) is 0 Å². The molecular weight excluding hydrogens is 407 g/mol. The molecule has 2 aromatic carbocycles. The van der Waals surface area contributed by atoms with E-state index in [2.05, 4.69) is 0 Å². The highest BCUT2D eigenvalue weighted by molar-refractivity contribution is 6.31. The van der Waals surface area contributed by atoms with Crippen molar-refractivity contribution >= 4 is 29.3 Å². The minimum Gasteiger partial charge on any atom is -0.342 e. The number of likely N-dealkylation sites (tertiary alicyclic amines) is 2. The minimum absolute atomic E-state index is 0.122. The second-order valence-corrected chi connectivity index (χ2v) is 8.46. The van der Waals surface area contributed by atoms with E-state index >= 15 is 0 Å². The van der Waals surface area contributed by atoms with Gasteiger partial charge in [0.15, 0.2) is 0 Å². The Morgan fingerprint density at radius 3 is 2.63 bits per heavy atom. The Kier molecular flexibility index (Phi) is 5.36. The first-order chi connectivity index (χ1) is 14.3. The van der Waals surface area contributed by atoms with Gasteiger partial charge in [0, 0.05) is 43.9 Å². The van der Waals surface area contributed by atoms with Crippen LogP contribution in [-0.2, 0) is 19.8 Å². The molecule has 5 nitrogen and oxygen atoms in total. The molecule has 2 atom stereocenters. The van der Waals surface area contributed by atoms with Gasteiger partial charge in [-0.05, 0) is 35.7 Å². The van der Waals surface area contributed by atoms with Gasteiger partial charge >= 0.3 is 0 Å². The van der Waals surface area contributed by atoms with Gasteiger partial charge in [0.2, 0.25) is 17.7 Å². The number of likely N-dealkylation sites (N-methyl/N-ethyl adjacent to an activating group) is 1. The van der Waals surface area contributed by atoms with Crippen LogP contribution in [0.1, 0.15) is 36.3 Å². The van der Waals surface area contributed by atoms with Gasteiger partial charge in [0.05, 0.1) is 5.41 Å². The first-order valence-electron chi connectivity index (χ1n) is 9.91. The third kappa shape index (κ3) is 3.49. The van der Waals surface area contributed by atoms with Crippen LogP contribution in [0, 0.1) is 5.82 Å². The number of imide groups is 1. The number of rotatable bonds is 4. The van der Waals surface area contributed by atoms with Gasteiger partial charge in [-0.15, -0.1) is 0 Å². The van der Waals surface area contributed by atoms with Crippen molar-refractivity contribution in [3.63, 3.8) is 0 Å². The Labute approximate surface area is 179 Å². The molecule has 2 heterocycles. The van der Waals surface area contributed by atoms with Crippen molar-refractivity contribution in [1.82, 2.24) is 9.80 Å². The lowest BCUT2D eigenvalue weighted by atomic mass is 9.75. The maximum Gasteiger partial charge on any atom is 0.240 e. The second-order valence-electron chi connectivity index (χ2n) is 8.05. The molecule has 2 fully saturated rings. The van der Waals surface area contributed by atoms with Crippen molar-refractivity contribution in [2.75, 3.05) is 20.1 Å². The molecule has 4 rings (SSSR count). The minimum atomic E-state index is -1.37. The fourth-order valence-electron chi connectivity index (χ4n) is 4.56. The van der Waals surface area contributed by atoms with Gasteiger partial charge in [0.1, 0.15) is 5.82 Å². The summed E-state index contributed by atoms with van der Waals surface area (Å²) >= 11 is 6.31. The molecule has 2 saturated heterocycles. The van der Waals surface area contributed by atoms with Gasteiger partial charge in [-0.2, -0.15) is 0 Å². The monoisotopic (exact) mass is 428 g/mol. The number of hydrogen-bond donors (Lipinski definition) is 0. The van der Waals surface area contributed by atoms with Crippen molar-refractivity contribution in [2.24, 2.45) is 0 Å². The van der Waals surface area contributed by atoms with Crippen molar-refractivity contribution in [1.29, 1.82) is 0 Å². The van der Waals surface area contributed by atoms with Crippen molar-refractivity contribution in [3.8, 4) is 0 Å². The van der Waals surface area contributed by atoms with Crippen LogP contribution >= 0.6 is 11.6 Å². The molecule has 0 N–H and O–H groups in total. The molecule has 2 aliphatic heterocycles. The zero-order valence-corrected chi connectivity index (χ0v) is 17.4.